The molecule has 0 aromatic heterocycles. The SMILES string of the molecule is COc1ccc(-c2cc(C(=O)O)ccc2Cl)c(F)c1. The highest BCUT2D eigenvalue weighted by molar-refractivity contribution is 6.33. The molecule has 0 unspecified atom stereocenters. The normalized spacial score (nSPS) is 10.3. The molecule has 2 aromatic rings. The van der Waals surface area contributed by atoms with Gasteiger partial charge in [-0.05, 0) is 30.3 Å². The second-order valence-corrected chi connectivity index (χ2v) is 4.25. The van der Waals surface area contributed by atoms with Crippen molar-refractivity contribution in [2.75, 3.05) is 7.11 Å². The Labute approximate surface area is 114 Å². The first-order chi connectivity index (χ1) is 9.02. The Morgan fingerprint density at radius 2 is 1.95 bits per heavy atom. The number of benzene rings is 2. The number of carboxylic acids is 1. The number of rotatable bonds is 3. The topological polar surface area (TPSA) is 46.5 Å². The minimum Gasteiger partial charge on any atom is -0.497 e. The summed E-state index contributed by atoms with van der Waals surface area (Å²) in [5.74, 6) is -1.23. The average Bonchev–Trinajstić information content (AvgIpc) is 2.39. The number of hydrogen-bond donors (Lipinski definition) is 1. The quantitative estimate of drug-likeness (QED) is 0.929. The summed E-state index contributed by atoms with van der Waals surface area (Å²) < 4.78 is 18.9. The van der Waals surface area contributed by atoms with Gasteiger partial charge in [0.05, 0.1) is 12.7 Å². The first-order valence-corrected chi connectivity index (χ1v) is 5.77. The van der Waals surface area contributed by atoms with Crippen LogP contribution in [0.25, 0.3) is 11.1 Å². The van der Waals surface area contributed by atoms with E-state index in [1.807, 2.05) is 0 Å². The van der Waals surface area contributed by atoms with E-state index in [0.29, 0.717) is 11.3 Å². The van der Waals surface area contributed by atoms with Crippen LogP contribution in [0.2, 0.25) is 5.02 Å². The van der Waals surface area contributed by atoms with Crippen LogP contribution in [0.5, 0.6) is 5.75 Å². The summed E-state index contributed by atoms with van der Waals surface area (Å²) in [4.78, 5) is 10.9. The maximum Gasteiger partial charge on any atom is 0.335 e. The molecule has 2 aromatic carbocycles. The van der Waals surface area contributed by atoms with Crippen molar-refractivity contribution in [1.82, 2.24) is 0 Å². The smallest absolute Gasteiger partial charge is 0.335 e. The molecule has 0 radical (unpaired) electrons. The predicted octanol–water partition coefficient (Wildman–Crippen LogP) is 3.85. The van der Waals surface area contributed by atoms with Gasteiger partial charge in [-0.15, -0.1) is 0 Å². The molecule has 0 amide bonds. The van der Waals surface area contributed by atoms with Gasteiger partial charge < -0.3 is 9.84 Å². The van der Waals surface area contributed by atoms with Crippen molar-refractivity contribution in [2.45, 2.75) is 0 Å². The lowest BCUT2D eigenvalue weighted by molar-refractivity contribution is 0.0697. The zero-order chi connectivity index (χ0) is 14.0. The molecule has 0 aliphatic carbocycles. The third-order valence-corrected chi connectivity index (χ3v) is 3.01. The lowest BCUT2D eigenvalue weighted by atomic mass is 10.0. The standard InChI is InChI=1S/C14H10ClFO3/c1-19-9-3-4-10(13(16)7-9)11-6-8(14(17)18)2-5-12(11)15/h2-7H,1H3,(H,17,18). The van der Waals surface area contributed by atoms with Crippen LogP contribution >= 0.6 is 11.6 Å². The number of aromatic carboxylic acids is 1. The lowest BCUT2D eigenvalue weighted by Gasteiger charge is -2.08. The maximum absolute atomic E-state index is 13.9. The van der Waals surface area contributed by atoms with Gasteiger partial charge in [0.25, 0.3) is 0 Å². The maximum atomic E-state index is 13.9. The Balaban J connectivity index is 2.58. The largest absolute Gasteiger partial charge is 0.497 e. The lowest BCUT2D eigenvalue weighted by Crippen LogP contribution is -1.97. The third kappa shape index (κ3) is 2.69. The Kier molecular flexibility index (Phi) is 3.71. The number of hydrogen-bond acceptors (Lipinski definition) is 2. The summed E-state index contributed by atoms with van der Waals surface area (Å²) in [7, 11) is 1.44. The van der Waals surface area contributed by atoms with Crippen LogP contribution in [0, 0.1) is 5.82 Å². The fourth-order valence-electron chi connectivity index (χ4n) is 1.71. The van der Waals surface area contributed by atoms with E-state index in [4.69, 9.17) is 21.4 Å². The van der Waals surface area contributed by atoms with E-state index < -0.39 is 11.8 Å². The molecule has 19 heavy (non-hydrogen) atoms. The minimum atomic E-state index is -1.09. The first-order valence-electron chi connectivity index (χ1n) is 5.39. The van der Waals surface area contributed by atoms with Gasteiger partial charge in [-0.2, -0.15) is 0 Å². The molecule has 3 nitrogen and oxygen atoms in total. The molecule has 0 heterocycles. The fraction of sp³-hybridized carbons (Fsp3) is 0.0714. The second kappa shape index (κ2) is 5.28. The summed E-state index contributed by atoms with van der Waals surface area (Å²) >= 11 is 5.99. The van der Waals surface area contributed by atoms with Crippen molar-refractivity contribution in [3.05, 3.63) is 52.8 Å². The van der Waals surface area contributed by atoms with Crippen LogP contribution in [-0.2, 0) is 0 Å². The highest BCUT2D eigenvalue weighted by Crippen LogP contribution is 2.32. The van der Waals surface area contributed by atoms with Crippen molar-refractivity contribution in [3.8, 4) is 16.9 Å². The molecular formula is C14H10ClFO3. The van der Waals surface area contributed by atoms with Crippen molar-refractivity contribution in [1.29, 1.82) is 0 Å². The molecule has 0 saturated carbocycles. The summed E-state index contributed by atoms with van der Waals surface area (Å²) in [5.41, 5.74) is 0.616. The van der Waals surface area contributed by atoms with Gasteiger partial charge >= 0.3 is 5.97 Å². The van der Waals surface area contributed by atoms with E-state index in [2.05, 4.69) is 0 Å². The van der Waals surface area contributed by atoms with Gasteiger partial charge in [0, 0.05) is 22.2 Å². The van der Waals surface area contributed by atoms with E-state index >= 15 is 0 Å². The molecule has 0 atom stereocenters. The Morgan fingerprint density at radius 1 is 1.21 bits per heavy atom. The molecule has 2 rings (SSSR count). The van der Waals surface area contributed by atoms with Gasteiger partial charge in [-0.1, -0.05) is 11.6 Å². The van der Waals surface area contributed by atoms with E-state index in [0.717, 1.165) is 0 Å². The number of methoxy groups -OCH3 is 1. The molecular weight excluding hydrogens is 271 g/mol. The molecule has 1 N–H and O–H groups in total. The Hall–Kier alpha value is -2.07. The van der Waals surface area contributed by atoms with Crippen molar-refractivity contribution in [2.24, 2.45) is 0 Å². The van der Waals surface area contributed by atoms with Crippen molar-refractivity contribution in [3.63, 3.8) is 0 Å². The summed E-state index contributed by atoms with van der Waals surface area (Å²) in [5, 5.41) is 9.23. The zero-order valence-corrected chi connectivity index (χ0v) is 10.7. The van der Waals surface area contributed by atoms with E-state index in [1.54, 1.807) is 6.07 Å². The van der Waals surface area contributed by atoms with Crippen LogP contribution in [0.15, 0.2) is 36.4 Å². The first kappa shape index (κ1) is 13.4. The summed E-state index contributed by atoms with van der Waals surface area (Å²) in [6.45, 7) is 0. The van der Waals surface area contributed by atoms with Crippen molar-refractivity contribution < 1.29 is 19.0 Å². The average molecular weight is 281 g/mol. The van der Waals surface area contributed by atoms with Crippen LogP contribution in [0.4, 0.5) is 4.39 Å². The summed E-state index contributed by atoms with van der Waals surface area (Å²) in [6, 6.07) is 8.46. The van der Waals surface area contributed by atoms with Gasteiger partial charge in [0.1, 0.15) is 11.6 Å². The molecule has 0 bridgehead atoms. The number of carboxylic acid groups (broad SMARTS) is 1. The van der Waals surface area contributed by atoms with E-state index in [9.17, 15) is 9.18 Å². The van der Waals surface area contributed by atoms with Gasteiger partial charge in [-0.25, -0.2) is 9.18 Å². The number of halogens is 2. The molecule has 98 valence electrons. The van der Waals surface area contributed by atoms with Gasteiger partial charge in [0.2, 0.25) is 0 Å². The number of ether oxygens (including phenoxy) is 1. The van der Waals surface area contributed by atoms with Crippen LogP contribution < -0.4 is 4.74 Å². The Morgan fingerprint density at radius 3 is 2.53 bits per heavy atom. The molecule has 0 fully saturated rings. The minimum absolute atomic E-state index is 0.0506. The van der Waals surface area contributed by atoms with Crippen LogP contribution in [0.3, 0.4) is 0 Å². The van der Waals surface area contributed by atoms with Gasteiger partial charge in [0.15, 0.2) is 0 Å². The highest BCUT2D eigenvalue weighted by atomic mass is 35.5. The van der Waals surface area contributed by atoms with Crippen molar-refractivity contribution >= 4 is 17.6 Å². The zero-order valence-electron chi connectivity index (χ0n) is 9.98. The fourth-order valence-corrected chi connectivity index (χ4v) is 1.93. The summed E-state index contributed by atoms with van der Waals surface area (Å²) in [6.07, 6.45) is 0. The van der Waals surface area contributed by atoms with E-state index in [1.165, 1.54) is 37.4 Å². The Bertz CT molecular complexity index is 641. The molecule has 0 aliphatic rings. The molecule has 0 aliphatic heterocycles. The second-order valence-electron chi connectivity index (χ2n) is 3.85. The molecule has 0 saturated heterocycles. The van der Waals surface area contributed by atoms with E-state index in [-0.39, 0.29) is 16.1 Å². The highest BCUT2D eigenvalue weighted by Gasteiger charge is 2.13. The van der Waals surface area contributed by atoms with Gasteiger partial charge in [-0.3, -0.25) is 0 Å². The van der Waals surface area contributed by atoms with Crippen LogP contribution in [0.1, 0.15) is 10.4 Å². The predicted molar refractivity (Wildman–Crippen MR) is 70.4 cm³/mol. The molecule has 0 spiro atoms. The number of carbonyl (C=O) groups is 1. The third-order valence-electron chi connectivity index (χ3n) is 2.68. The van der Waals surface area contributed by atoms with Crippen LogP contribution in [-0.4, -0.2) is 18.2 Å². The monoisotopic (exact) mass is 280 g/mol. The molecule has 5 heteroatoms.